The first-order valence-corrected chi connectivity index (χ1v) is 11.4. The second-order valence-electron chi connectivity index (χ2n) is 8.34. The number of piperidine rings is 1. The lowest BCUT2D eigenvalue weighted by Crippen LogP contribution is -2.61. The molecule has 1 aromatic rings. The minimum Gasteiger partial charge on any atom is -0.357 e. The van der Waals surface area contributed by atoms with Crippen LogP contribution >= 0.6 is 11.6 Å². The van der Waals surface area contributed by atoms with Crippen molar-refractivity contribution in [3.8, 4) is 0 Å². The Morgan fingerprint density at radius 2 is 1.93 bits per heavy atom. The molecule has 6 nitrogen and oxygen atoms in total. The number of hydrogen-bond donors (Lipinski definition) is 2. The summed E-state index contributed by atoms with van der Waals surface area (Å²) >= 11 is 5.92. The van der Waals surface area contributed by atoms with E-state index in [1.54, 1.807) is 6.20 Å². The van der Waals surface area contributed by atoms with E-state index < -0.39 is 5.54 Å². The molecule has 2 N–H and O–H groups in total. The van der Waals surface area contributed by atoms with Crippen molar-refractivity contribution in [3.05, 3.63) is 23.4 Å². The van der Waals surface area contributed by atoms with Crippen LogP contribution in [0.3, 0.4) is 0 Å². The number of nitrogens with zero attached hydrogens (tertiary/aromatic N) is 2. The van der Waals surface area contributed by atoms with Crippen molar-refractivity contribution in [3.63, 3.8) is 0 Å². The average Bonchev–Trinajstić information content (AvgIpc) is 2.75. The number of aromatic nitrogens is 1. The fourth-order valence-electron chi connectivity index (χ4n) is 4.38. The highest BCUT2D eigenvalue weighted by Crippen LogP contribution is 2.30. The van der Waals surface area contributed by atoms with E-state index in [1.807, 2.05) is 12.1 Å². The number of halogens is 1. The number of amides is 2. The topological polar surface area (TPSA) is 74.3 Å². The standard InChI is InChI=1S/C22H33ClN4O2/c1-2-3-13-24-21(29)22(11-5-4-6-12-22)26-20(28)17-9-14-27(15-10-17)19-8-7-18(23)16-25-19/h7-8,16-17H,2-6,9-15H2,1H3,(H,24,29)(H,26,28). The van der Waals surface area contributed by atoms with Crippen LogP contribution in [0.2, 0.25) is 5.02 Å². The normalized spacial score (nSPS) is 19.6. The van der Waals surface area contributed by atoms with Gasteiger partial charge in [-0.1, -0.05) is 44.2 Å². The molecule has 0 bridgehead atoms. The maximum Gasteiger partial charge on any atom is 0.245 e. The van der Waals surface area contributed by atoms with E-state index in [9.17, 15) is 9.59 Å². The Labute approximate surface area is 178 Å². The van der Waals surface area contributed by atoms with E-state index in [-0.39, 0.29) is 17.7 Å². The van der Waals surface area contributed by atoms with Crippen LogP contribution in [0.1, 0.15) is 64.7 Å². The summed E-state index contributed by atoms with van der Waals surface area (Å²) in [5.41, 5.74) is -0.724. The smallest absolute Gasteiger partial charge is 0.245 e. The van der Waals surface area contributed by atoms with Crippen molar-refractivity contribution in [2.75, 3.05) is 24.5 Å². The molecular formula is C22H33ClN4O2. The van der Waals surface area contributed by atoms with Gasteiger partial charge in [0.1, 0.15) is 11.4 Å². The van der Waals surface area contributed by atoms with Gasteiger partial charge in [-0.25, -0.2) is 4.98 Å². The SMILES string of the molecule is CCCCNC(=O)C1(NC(=O)C2CCN(c3ccc(Cl)cn3)CC2)CCCCC1. The van der Waals surface area contributed by atoms with Crippen molar-refractivity contribution in [2.45, 2.75) is 70.3 Å². The van der Waals surface area contributed by atoms with Gasteiger partial charge in [0.2, 0.25) is 11.8 Å². The number of anilines is 1. The Balaban J connectivity index is 1.57. The Kier molecular flexibility index (Phi) is 7.76. The fourth-order valence-corrected chi connectivity index (χ4v) is 4.49. The third kappa shape index (κ3) is 5.62. The highest BCUT2D eigenvalue weighted by Gasteiger charge is 2.42. The summed E-state index contributed by atoms with van der Waals surface area (Å²) in [6, 6.07) is 3.76. The van der Waals surface area contributed by atoms with Crippen LogP contribution in [0, 0.1) is 5.92 Å². The van der Waals surface area contributed by atoms with Gasteiger partial charge in [0, 0.05) is 31.7 Å². The van der Waals surface area contributed by atoms with Crippen molar-refractivity contribution in [2.24, 2.45) is 5.92 Å². The van der Waals surface area contributed by atoms with Crippen LogP contribution in [0.25, 0.3) is 0 Å². The average molecular weight is 421 g/mol. The number of carbonyl (C=O) groups is 2. The quantitative estimate of drug-likeness (QED) is 0.660. The van der Waals surface area contributed by atoms with Gasteiger partial charge in [0.05, 0.1) is 5.02 Å². The first-order valence-electron chi connectivity index (χ1n) is 11.0. The van der Waals surface area contributed by atoms with Gasteiger partial charge in [-0.2, -0.15) is 0 Å². The summed E-state index contributed by atoms with van der Waals surface area (Å²) in [7, 11) is 0. The summed E-state index contributed by atoms with van der Waals surface area (Å²) < 4.78 is 0. The molecule has 2 aliphatic rings. The third-order valence-electron chi connectivity index (χ3n) is 6.22. The first-order chi connectivity index (χ1) is 14.0. The molecule has 3 rings (SSSR count). The molecule has 29 heavy (non-hydrogen) atoms. The number of carbonyl (C=O) groups excluding carboxylic acids is 2. The van der Waals surface area contributed by atoms with Crippen LogP contribution in [0.5, 0.6) is 0 Å². The highest BCUT2D eigenvalue weighted by molar-refractivity contribution is 6.30. The lowest BCUT2D eigenvalue weighted by Gasteiger charge is -2.39. The molecule has 1 aliphatic heterocycles. The molecule has 7 heteroatoms. The summed E-state index contributed by atoms with van der Waals surface area (Å²) in [5.74, 6) is 0.871. The van der Waals surface area contributed by atoms with E-state index in [2.05, 4.69) is 27.4 Å². The van der Waals surface area contributed by atoms with Gasteiger partial charge in [0.15, 0.2) is 0 Å². The van der Waals surface area contributed by atoms with Crippen LogP contribution in [0.15, 0.2) is 18.3 Å². The number of unbranched alkanes of at least 4 members (excludes halogenated alkanes) is 1. The highest BCUT2D eigenvalue weighted by atomic mass is 35.5. The predicted octanol–water partition coefficient (Wildman–Crippen LogP) is 3.69. The molecule has 1 aromatic heterocycles. The molecule has 1 aliphatic carbocycles. The van der Waals surface area contributed by atoms with Crippen molar-refractivity contribution in [1.29, 1.82) is 0 Å². The Bertz CT molecular complexity index is 681. The first kappa shape index (κ1) is 21.9. The van der Waals surface area contributed by atoms with E-state index in [4.69, 9.17) is 11.6 Å². The lowest BCUT2D eigenvalue weighted by atomic mass is 9.80. The molecule has 1 saturated heterocycles. The van der Waals surface area contributed by atoms with Crippen molar-refractivity contribution in [1.82, 2.24) is 15.6 Å². The largest absolute Gasteiger partial charge is 0.357 e. The molecule has 0 unspecified atom stereocenters. The van der Waals surface area contributed by atoms with Gasteiger partial charge >= 0.3 is 0 Å². The minimum absolute atomic E-state index is 0.00167. The molecule has 0 atom stereocenters. The van der Waals surface area contributed by atoms with Crippen LogP contribution in [0.4, 0.5) is 5.82 Å². The summed E-state index contributed by atoms with van der Waals surface area (Å²) in [6.45, 7) is 4.35. The molecule has 0 spiro atoms. The van der Waals surface area contributed by atoms with Crippen molar-refractivity contribution >= 4 is 29.2 Å². The van der Waals surface area contributed by atoms with Gasteiger partial charge in [0.25, 0.3) is 0 Å². The number of pyridine rings is 1. The molecule has 160 valence electrons. The molecule has 1 saturated carbocycles. The zero-order valence-corrected chi connectivity index (χ0v) is 18.1. The second kappa shape index (κ2) is 10.3. The lowest BCUT2D eigenvalue weighted by molar-refractivity contribution is -0.137. The van der Waals surface area contributed by atoms with Crippen LogP contribution in [-0.2, 0) is 9.59 Å². The second-order valence-corrected chi connectivity index (χ2v) is 8.77. The van der Waals surface area contributed by atoms with Crippen LogP contribution < -0.4 is 15.5 Å². The maximum atomic E-state index is 13.1. The van der Waals surface area contributed by atoms with E-state index in [0.717, 1.165) is 76.7 Å². The van der Waals surface area contributed by atoms with E-state index in [0.29, 0.717) is 11.6 Å². The minimum atomic E-state index is -0.724. The molecule has 0 aromatic carbocycles. The summed E-state index contributed by atoms with van der Waals surface area (Å²) in [6.07, 6.45) is 9.78. The molecule has 2 heterocycles. The molecule has 2 amide bonds. The van der Waals surface area contributed by atoms with Gasteiger partial charge in [-0.15, -0.1) is 0 Å². The Morgan fingerprint density at radius 3 is 2.55 bits per heavy atom. The monoisotopic (exact) mass is 420 g/mol. The third-order valence-corrected chi connectivity index (χ3v) is 6.45. The van der Waals surface area contributed by atoms with Crippen molar-refractivity contribution < 1.29 is 9.59 Å². The van der Waals surface area contributed by atoms with Gasteiger partial charge in [-0.05, 0) is 44.2 Å². The number of rotatable bonds is 7. The van der Waals surface area contributed by atoms with E-state index in [1.165, 1.54) is 0 Å². The summed E-state index contributed by atoms with van der Waals surface area (Å²) in [4.78, 5) is 32.5. The molecule has 0 radical (unpaired) electrons. The molecular weight excluding hydrogens is 388 g/mol. The summed E-state index contributed by atoms with van der Waals surface area (Å²) in [5, 5.41) is 6.87. The Hall–Kier alpha value is -1.82. The molecule has 2 fully saturated rings. The van der Waals surface area contributed by atoms with Gasteiger partial charge < -0.3 is 15.5 Å². The predicted molar refractivity (Wildman–Crippen MR) is 116 cm³/mol. The number of hydrogen-bond acceptors (Lipinski definition) is 4. The van der Waals surface area contributed by atoms with Crippen LogP contribution in [-0.4, -0.2) is 42.0 Å². The Morgan fingerprint density at radius 1 is 1.21 bits per heavy atom. The zero-order valence-electron chi connectivity index (χ0n) is 17.4. The fraction of sp³-hybridized carbons (Fsp3) is 0.682. The van der Waals surface area contributed by atoms with E-state index >= 15 is 0 Å². The zero-order chi connectivity index (χ0) is 20.7. The maximum absolute atomic E-state index is 13.1. The number of nitrogens with one attached hydrogen (secondary N) is 2. The van der Waals surface area contributed by atoms with Gasteiger partial charge in [-0.3, -0.25) is 9.59 Å².